The van der Waals surface area contributed by atoms with Crippen LogP contribution < -0.4 is 10.1 Å². The predicted octanol–water partition coefficient (Wildman–Crippen LogP) is 2.94. The third kappa shape index (κ3) is 1.89. The van der Waals surface area contributed by atoms with Crippen LogP contribution in [0.3, 0.4) is 0 Å². The molecule has 0 unspecified atom stereocenters. The molecule has 4 nitrogen and oxygen atoms in total. The van der Waals surface area contributed by atoms with Gasteiger partial charge in [0.1, 0.15) is 24.2 Å². The Hall–Kier alpha value is -2.54. The second kappa shape index (κ2) is 4.62. The lowest BCUT2D eigenvalue weighted by Crippen LogP contribution is -2.10. The van der Waals surface area contributed by atoms with E-state index in [1.54, 1.807) is 0 Å². The lowest BCUT2D eigenvalue weighted by atomic mass is 10.0. The Bertz CT molecular complexity index is 674. The van der Waals surface area contributed by atoms with Crippen molar-refractivity contribution >= 4 is 5.82 Å². The van der Waals surface area contributed by atoms with Gasteiger partial charge in [0.05, 0.1) is 11.3 Å². The molecule has 0 bridgehead atoms. The maximum Gasteiger partial charge on any atom is 0.144 e. The first-order chi connectivity index (χ1) is 9.33. The molecule has 0 aliphatic carbocycles. The predicted molar refractivity (Wildman–Crippen MR) is 72.9 cm³/mol. The third-order valence-corrected chi connectivity index (χ3v) is 3.09. The van der Waals surface area contributed by atoms with E-state index in [4.69, 9.17) is 4.74 Å². The van der Waals surface area contributed by atoms with Gasteiger partial charge < -0.3 is 10.1 Å². The zero-order valence-corrected chi connectivity index (χ0v) is 10.6. The highest BCUT2D eigenvalue weighted by atomic mass is 16.5. The van der Waals surface area contributed by atoms with E-state index in [1.807, 2.05) is 37.3 Å². The summed E-state index contributed by atoms with van der Waals surface area (Å²) in [6, 6.07) is 11.9. The molecule has 1 N–H and O–H groups in total. The number of rotatable bonds is 2. The number of fused-ring (bicyclic) bond motifs is 3. The number of hydrogen-bond acceptors (Lipinski definition) is 4. The highest BCUT2D eigenvalue weighted by Gasteiger charge is 2.20. The van der Waals surface area contributed by atoms with E-state index in [2.05, 4.69) is 16.4 Å². The van der Waals surface area contributed by atoms with Gasteiger partial charge in [-0.15, -0.1) is 0 Å². The minimum atomic E-state index is 0.459. The number of nitriles is 1. The number of anilines is 1. The number of nitrogens with zero attached hydrogens (tertiary/aromatic N) is 2. The Morgan fingerprint density at radius 3 is 3.05 bits per heavy atom. The molecule has 2 aromatic rings. The third-order valence-electron chi connectivity index (χ3n) is 3.09. The highest BCUT2D eigenvalue weighted by molar-refractivity contribution is 5.74. The number of benzene rings is 1. The van der Waals surface area contributed by atoms with Gasteiger partial charge in [-0.2, -0.15) is 5.26 Å². The number of hydrogen-bond donors (Lipinski definition) is 1. The van der Waals surface area contributed by atoms with E-state index < -0.39 is 0 Å². The molecule has 94 valence electrons. The molecular formula is C15H13N3O. The zero-order valence-electron chi connectivity index (χ0n) is 10.6. The Kier molecular flexibility index (Phi) is 2.81. The van der Waals surface area contributed by atoms with Crippen LogP contribution in [-0.4, -0.2) is 11.5 Å². The van der Waals surface area contributed by atoms with Crippen LogP contribution in [0.5, 0.6) is 5.75 Å². The molecule has 0 saturated carbocycles. The van der Waals surface area contributed by atoms with Crippen molar-refractivity contribution in [1.29, 1.82) is 5.26 Å². The van der Waals surface area contributed by atoms with Gasteiger partial charge in [0.2, 0.25) is 0 Å². The van der Waals surface area contributed by atoms with Gasteiger partial charge in [-0.25, -0.2) is 4.98 Å². The average Bonchev–Trinajstić information content (AvgIpc) is 2.47. The van der Waals surface area contributed by atoms with Crippen LogP contribution in [0.15, 0.2) is 30.3 Å². The fourth-order valence-corrected chi connectivity index (χ4v) is 2.23. The van der Waals surface area contributed by atoms with E-state index in [9.17, 15) is 5.26 Å². The topological polar surface area (TPSA) is 57.9 Å². The molecule has 0 spiro atoms. The molecule has 1 aromatic heterocycles. The summed E-state index contributed by atoms with van der Waals surface area (Å²) < 4.78 is 5.68. The van der Waals surface area contributed by atoms with E-state index in [0.717, 1.165) is 29.1 Å². The largest absolute Gasteiger partial charge is 0.488 e. The molecule has 0 saturated heterocycles. The quantitative estimate of drug-likeness (QED) is 0.891. The normalized spacial score (nSPS) is 11.8. The first kappa shape index (κ1) is 11.5. The van der Waals surface area contributed by atoms with Gasteiger partial charge >= 0.3 is 0 Å². The lowest BCUT2D eigenvalue weighted by molar-refractivity contribution is 0.301. The van der Waals surface area contributed by atoms with Crippen LogP contribution in [0.2, 0.25) is 0 Å². The standard InChI is InChI=1S/C15H13N3O/c1-2-17-15-10(8-16)7-11-9-19-13-6-4-3-5-12(13)14(11)18-15/h3-7H,2,9H2,1H3,(H,17,18). The molecule has 0 radical (unpaired) electrons. The lowest BCUT2D eigenvalue weighted by Gasteiger charge is -2.21. The minimum Gasteiger partial charge on any atom is -0.488 e. The van der Waals surface area contributed by atoms with Gasteiger partial charge in [-0.1, -0.05) is 12.1 Å². The molecule has 1 aliphatic rings. The molecule has 1 aliphatic heterocycles. The maximum atomic E-state index is 9.17. The van der Waals surface area contributed by atoms with Crippen LogP contribution in [-0.2, 0) is 6.61 Å². The highest BCUT2D eigenvalue weighted by Crippen LogP contribution is 2.37. The molecular weight excluding hydrogens is 238 g/mol. The van der Waals surface area contributed by atoms with Gasteiger partial charge in [0.25, 0.3) is 0 Å². The SMILES string of the molecule is CCNc1nc2c(cc1C#N)COc1ccccc1-2. The smallest absolute Gasteiger partial charge is 0.144 e. The van der Waals surface area contributed by atoms with Crippen molar-refractivity contribution < 1.29 is 4.74 Å². The van der Waals surface area contributed by atoms with Crippen LogP contribution in [0, 0.1) is 11.3 Å². The molecule has 0 fully saturated rings. The van der Waals surface area contributed by atoms with Crippen molar-refractivity contribution in [3.05, 3.63) is 41.5 Å². The first-order valence-electron chi connectivity index (χ1n) is 6.23. The summed E-state index contributed by atoms with van der Waals surface area (Å²) in [5.74, 6) is 1.48. The van der Waals surface area contributed by atoms with E-state index in [0.29, 0.717) is 18.0 Å². The Balaban J connectivity index is 2.20. The molecule has 19 heavy (non-hydrogen) atoms. The molecule has 0 amide bonds. The average molecular weight is 251 g/mol. The van der Waals surface area contributed by atoms with Gasteiger partial charge in [-0.05, 0) is 25.1 Å². The van der Waals surface area contributed by atoms with E-state index in [-0.39, 0.29) is 0 Å². The van der Waals surface area contributed by atoms with Gasteiger partial charge in [0, 0.05) is 17.7 Å². The van der Waals surface area contributed by atoms with Crippen molar-refractivity contribution in [2.45, 2.75) is 13.5 Å². The van der Waals surface area contributed by atoms with E-state index >= 15 is 0 Å². The van der Waals surface area contributed by atoms with E-state index in [1.165, 1.54) is 0 Å². The summed E-state index contributed by atoms with van der Waals surface area (Å²) in [7, 11) is 0. The minimum absolute atomic E-state index is 0.459. The summed E-state index contributed by atoms with van der Waals surface area (Å²) in [5, 5.41) is 12.3. The van der Waals surface area contributed by atoms with Crippen LogP contribution in [0.25, 0.3) is 11.3 Å². The fraction of sp³-hybridized carbons (Fsp3) is 0.200. The second-order valence-corrected chi connectivity index (χ2v) is 4.32. The number of para-hydroxylation sites is 1. The van der Waals surface area contributed by atoms with Gasteiger partial charge in [0.15, 0.2) is 0 Å². The van der Waals surface area contributed by atoms with Crippen molar-refractivity contribution in [2.24, 2.45) is 0 Å². The monoisotopic (exact) mass is 251 g/mol. The van der Waals surface area contributed by atoms with Crippen molar-refractivity contribution in [1.82, 2.24) is 4.98 Å². The van der Waals surface area contributed by atoms with Gasteiger partial charge in [-0.3, -0.25) is 0 Å². The van der Waals surface area contributed by atoms with Crippen LogP contribution in [0.1, 0.15) is 18.1 Å². The summed E-state index contributed by atoms with van der Waals surface area (Å²) in [4.78, 5) is 4.60. The number of ether oxygens (including phenoxy) is 1. The molecule has 1 aromatic carbocycles. The number of aromatic nitrogens is 1. The molecule has 0 atom stereocenters. The summed E-state index contributed by atoms with van der Waals surface area (Å²) in [6.45, 7) is 3.18. The number of pyridine rings is 1. The molecule has 2 heterocycles. The summed E-state index contributed by atoms with van der Waals surface area (Å²) in [6.07, 6.45) is 0. The molecule has 3 rings (SSSR count). The Labute approximate surface area is 111 Å². The summed E-state index contributed by atoms with van der Waals surface area (Å²) >= 11 is 0. The van der Waals surface area contributed by atoms with Crippen molar-refractivity contribution in [2.75, 3.05) is 11.9 Å². The Morgan fingerprint density at radius 1 is 1.42 bits per heavy atom. The van der Waals surface area contributed by atoms with Crippen LogP contribution >= 0.6 is 0 Å². The maximum absolute atomic E-state index is 9.17. The fourth-order valence-electron chi connectivity index (χ4n) is 2.23. The summed E-state index contributed by atoms with van der Waals surface area (Å²) in [5.41, 5.74) is 3.39. The molecule has 4 heteroatoms. The Morgan fingerprint density at radius 2 is 2.26 bits per heavy atom. The zero-order chi connectivity index (χ0) is 13.2. The number of nitrogens with one attached hydrogen (secondary N) is 1. The first-order valence-corrected chi connectivity index (χ1v) is 6.23. The van der Waals surface area contributed by atoms with Crippen molar-refractivity contribution in [3.63, 3.8) is 0 Å². The van der Waals surface area contributed by atoms with Crippen LogP contribution in [0.4, 0.5) is 5.82 Å². The van der Waals surface area contributed by atoms with Crippen molar-refractivity contribution in [3.8, 4) is 23.1 Å². The second-order valence-electron chi connectivity index (χ2n) is 4.32.